The smallest absolute Gasteiger partial charge is 0.305 e. The van der Waals surface area contributed by atoms with Crippen molar-refractivity contribution in [2.75, 3.05) is 7.11 Å². The third-order valence-corrected chi connectivity index (χ3v) is 2.57. The number of nitrogens with two attached hydrogens (primary N) is 1. The number of methoxy groups -OCH3 is 1. The molecule has 4 heteroatoms. The molecule has 0 heterocycles. The summed E-state index contributed by atoms with van der Waals surface area (Å²) in [5, 5.41) is 0. The number of rotatable bonds is 2. The third-order valence-electron chi connectivity index (χ3n) is 2.57. The predicted octanol–water partition coefficient (Wildman–Crippen LogP) is 1.49. The van der Waals surface area contributed by atoms with Gasteiger partial charge in [0.2, 0.25) is 0 Å². The summed E-state index contributed by atoms with van der Waals surface area (Å²) >= 11 is 0. The Morgan fingerprint density at radius 2 is 1.92 bits per heavy atom. The molecule has 0 atom stereocenters. The van der Waals surface area contributed by atoms with Crippen molar-refractivity contribution in [3.63, 3.8) is 0 Å². The van der Waals surface area contributed by atoms with E-state index in [1.807, 2.05) is 0 Å². The van der Waals surface area contributed by atoms with Gasteiger partial charge in [-0.05, 0) is 31.6 Å². The summed E-state index contributed by atoms with van der Waals surface area (Å²) in [6.07, 6.45) is 4.85. The Balaban J connectivity index is 0.00000144. The van der Waals surface area contributed by atoms with E-state index in [0.29, 0.717) is 18.4 Å². The number of hydrogen-bond acceptors (Lipinski definition) is 3. The molecule has 2 N–H and O–H groups in total. The molecule has 1 aliphatic rings. The van der Waals surface area contributed by atoms with E-state index in [4.69, 9.17) is 5.73 Å². The van der Waals surface area contributed by atoms with Crippen molar-refractivity contribution < 1.29 is 9.53 Å². The van der Waals surface area contributed by atoms with Crippen LogP contribution >= 0.6 is 12.4 Å². The van der Waals surface area contributed by atoms with E-state index >= 15 is 0 Å². The van der Waals surface area contributed by atoms with Gasteiger partial charge < -0.3 is 10.5 Å². The van der Waals surface area contributed by atoms with Gasteiger partial charge in [0.05, 0.1) is 7.11 Å². The fourth-order valence-electron chi connectivity index (χ4n) is 1.71. The first-order valence-corrected chi connectivity index (χ1v) is 4.54. The van der Waals surface area contributed by atoms with Crippen LogP contribution in [0, 0.1) is 5.92 Å². The van der Waals surface area contributed by atoms with Gasteiger partial charge in [0, 0.05) is 12.5 Å². The second-order valence-corrected chi connectivity index (χ2v) is 3.56. The maximum absolute atomic E-state index is 10.9. The highest BCUT2D eigenvalue weighted by Crippen LogP contribution is 2.25. The van der Waals surface area contributed by atoms with Gasteiger partial charge >= 0.3 is 5.97 Å². The molecule has 1 saturated carbocycles. The Morgan fingerprint density at radius 1 is 1.38 bits per heavy atom. The molecule has 13 heavy (non-hydrogen) atoms. The number of esters is 1. The molecule has 0 aromatic heterocycles. The van der Waals surface area contributed by atoms with Crippen molar-refractivity contribution in [1.29, 1.82) is 0 Å². The molecule has 1 aliphatic carbocycles. The average molecular weight is 208 g/mol. The first-order valence-electron chi connectivity index (χ1n) is 4.54. The number of hydrogen-bond donors (Lipinski definition) is 1. The summed E-state index contributed by atoms with van der Waals surface area (Å²) in [7, 11) is 1.44. The van der Waals surface area contributed by atoms with E-state index in [1.54, 1.807) is 0 Å². The van der Waals surface area contributed by atoms with Crippen LogP contribution < -0.4 is 5.73 Å². The molecular weight excluding hydrogens is 190 g/mol. The maximum Gasteiger partial charge on any atom is 0.305 e. The van der Waals surface area contributed by atoms with Crippen molar-refractivity contribution in [1.82, 2.24) is 0 Å². The highest BCUT2D eigenvalue weighted by atomic mass is 35.5. The lowest BCUT2D eigenvalue weighted by Crippen LogP contribution is -2.27. The normalized spacial score (nSPS) is 27.5. The van der Waals surface area contributed by atoms with Crippen LogP contribution in [0.15, 0.2) is 0 Å². The van der Waals surface area contributed by atoms with E-state index in [9.17, 15) is 4.79 Å². The minimum atomic E-state index is -0.0875. The topological polar surface area (TPSA) is 52.3 Å². The second kappa shape index (κ2) is 6.22. The van der Waals surface area contributed by atoms with Gasteiger partial charge in [0.25, 0.3) is 0 Å². The average Bonchev–Trinajstić information content (AvgIpc) is 2.09. The molecule has 0 aliphatic heterocycles. The molecule has 3 nitrogen and oxygen atoms in total. The molecule has 0 amide bonds. The molecule has 0 unspecified atom stereocenters. The van der Waals surface area contributed by atoms with Gasteiger partial charge in [0.15, 0.2) is 0 Å². The van der Waals surface area contributed by atoms with Crippen LogP contribution in [0.1, 0.15) is 32.1 Å². The van der Waals surface area contributed by atoms with Gasteiger partial charge in [-0.25, -0.2) is 0 Å². The van der Waals surface area contributed by atoms with Gasteiger partial charge in [0.1, 0.15) is 0 Å². The number of carbonyl (C=O) groups is 1. The van der Waals surface area contributed by atoms with E-state index < -0.39 is 0 Å². The highest BCUT2D eigenvalue weighted by Gasteiger charge is 2.20. The van der Waals surface area contributed by atoms with Crippen LogP contribution in [0.25, 0.3) is 0 Å². The molecular formula is C9H18ClNO2. The molecule has 1 fully saturated rings. The lowest BCUT2D eigenvalue weighted by Gasteiger charge is -2.24. The quantitative estimate of drug-likeness (QED) is 0.699. The van der Waals surface area contributed by atoms with E-state index in [0.717, 1.165) is 25.7 Å². The summed E-state index contributed by atoms with van der Waals surface area (Å²) in [4.78, 5) is 10.9. The Bertz CT molecular complexity index is 156. The molecule has 0 saturated heterocycles. The summed E-state index contributed by atoms with van der Waals surface area (Å²) in [6.45, 7) is 0. The predicted molar refractivity (Wildman–Crippen MR) is 53.8 cm³/mol. The standard InChI is InChI=1S/C9H17NO2.ClH/c1-12-9(11)6-7-2-4-8(10)5-3-7;/h7-8H,2-6,10H2,1H3;1H/t7-,8-;. The van der Waals surface area contributed by atoms with Crippen molar-refractivity contribution in [3.05, 3.63) is 0 Å². The number of ether oxygens (including phenoxy) is 1. The van der Waals surface area contributed by atoms with Crippen LogP contribution in [0.3, 0.4) is 0 Å². The van der Waals surface area contributed by atoms with Crippen molar-refractivity contribution >= 4 is 18.4 Å². The third kappa shape index (κ3) is 4.48. The van der Waals surface area contributed by atoms with E-state index in [2.05, 4.69) is 4.74 Å². The second-order valence-electron chi connectivity index (χ2n) is 3.56. The van der Waals surface area contributed by atoms with Crippen molar-refractivity contribution in [2.45, 2.75) is 38.1 Å². The minimum absolute atomic E-state index is 0. The molecule has 0 spiro atoms. The zero-order valence-electron chi connectivity index (χ0n) is 7.99. The Kier molecular flexibility index (Phi) is 6.08. The Hall–Kier alpha value is -0.280. The van der Waals surface area contributed by atoms with Crippen LogP contribution in [-0.2, 0) is 9.53 Å². The lowest BCUT2D eigenvalue weighted by molar-refractivity contribution is -0.142. The van der Waals surface area contributed by atoms with E-state index in [1.165, 1.54) is 7.11 Å². The molecule has 0 radical (unpaired) electrons. The van der Waals surface area contributed by atoms with Crippen molar-refractivity contribution in [3.8, 4) is 0 Å². The van der Waals surface area contributed by atoms with Gasteiger partial charge in [-0.3, -0.25) is 4.79 Å². The summed E-state index contributed by atoms with van der Waals surface area (Å²) in [5.41, 5.74) is 5.74. The fraction of sp³-hybridized carbons (Fsp3) is 0.889. The molecule has 0 aromatic carbocycles. The summed E-state index contributed by atoms with van der Waals surface area (Å²) in [5.74, 6) is 0.424. The summed E-state index contributed by atoms with van der Waals surface area (Å²) < 4.78 is 4.61. The van der Waals surface area contributed by atoms with Crippen LogP contribution in [0.5, 0.6) is 0 Å². The van der Waals surface area contributed by atoms with Gasteiger partial charge in [-0.2, -0.15) is 0 Å². The fourth-order valence-corrected chi connectivity index (χ4v) is 1.71. The first-order chi connectivity index (χ1) is 5.72. The first kappa shape index (κ1) is 12.7. The molecule has 0 bridgehead atoms. The summed E-state index contributed by atoms with van der Waals surface area (Å²) in [6, 6.07) is 0.360. The highest BCUT2D eigenvalue weighted by molar-refractivity contribution is 5.85. The maximum atomic E-state index is 10.9. The molecule has 1 rings (SSSR count). The van der Waals surface area contributed by atoms with Crippen LogP contribution in [0.2, 0.25) is 0 Å². The van der Waals surface area contributed by atoms with Gasteiger partial charge in [-0.15, -0.1) is 12.4 Å². The monoisotopic (exact) mass is 207 g/mol. The van der Waals surface area contributed by atoms with Gasteiger partial charge in [-0.1, -0.05) is 0 Å². The lowest BCUT2D eigenvalue weighted by atomic mass is 9.84. The number of halogens is 1. The Morgan fingerprint density at radius 3 is 2.38 bits per heavy atom. The zero-order chi connectivity index (χ0) is 8.97. The van der Waals surface area contributed by atoms with E-state index in [-0.39, 0.29) is 18.4 Å². The van der Waals surface area contributed by atoms with Crippen LogP contribution in [0.4, 0.5) is 0 Å². The SMILES string of the molecule is COC(=O)C[C@H]1CC[C@H](N)CC1.Cl. The number of carbonyl (C=O) groups excluding carboxylic acids is 1. The van der Waals surface area contributed by atoms with Crippen molar-refractivity contribution in [2.24, 2.45) is 11.7 Å². The Labute approximate surface area is 85.4 Å². The molecule has 0 aromatic rings. The zero-order valence-corrected chi connectivity index (χ0v) is 8.81. The largest absolute Gasteiger partial charge is 0.469 e. The minimum Gasteiger partial charge on any atom is -0.469 e. The van der Waals surface area contributed by atoms with Crippen LogP contribution in [-0.4, -0.2) is 19.1 Å². The molecule has 78 valence electrons.